The summed E-state index contributed by atoms with van der Waals surface area (Å²) in [4.78, 5) is 13.3. The van der Waals surface area contributed by atoms with Crippen molar-refractivity contribution in [3.63, 3.8) is 0 Å². The van der Waals surface area contributed by atoms with Crippen LogP contribution in [0.5, 0.6) is 0 Å². The molecule has 94 valence electrons. The van der Waals surface area contributed by atoms with Crippen molar-refractivity contribution in [3.8, 4) is 0 Å². The molecule has 0 atom stereocenters. The lowest BCUT2D eigenvalue weighted by Gasteiger charge is -2.06. The molecule has 0 saturated heterocycles. The fourth-order valence-electron chi connectivity index (χ4n) is 1.80. The van der Waals surface area contributed by atoms with Crippen molar-refractivity contribution in [3.05, 3.63) is 56.8 Å². The van der Waals surface area contributed by atoms with Crippen LogP contribution in [0, 0.1) is 20.8 Å². The highest BCUT2D eigenvalue weighted by Crippen LogP contribution is 2.20. The molecule has 0 aliphatic carbocycles. The van der Waals surface area contributed by atoms with Crippen molar-refractivity contribution in [2.45, 2.75) is 27.3 Å². The Labute approximate surface area is 112 Å². The van der Waals surface area contributed by atoms with Crippen molar-refractivity contribution >= 4 is 17.2 Å². The molecule has 1 aromatic heterocycles. The molecular formula is C15H17NOS. The van der Waals surface area contributed by atoms with Crippen LogP contribution >= 0.6 is 11.3 Å². The summed E-state index contributed by atoms with van der Waals surface area (Å²) in [7, 11) is 0. The fraction of sp³-hybridized carbons (Fsp3) is 0.267. The van der Waals surface area contributed by atoms with Gasteiger partial charge in [0.25, 0.3) is 5.91 Å². The molecule has 0 aliphatic rings. The molecule has 0 unspecified atom stereocenters. The number of hydrogen-bond acceptors (Lipinski definition) is 2. The first-order valence-electron chi connectivity index (χ1n) is 5.96. The summed E-state index contributed by atoms with van der Waals surface area (Å²) in [5, 5.41) is 5.08. The van der Waals surface area contributed by atoms with Crippen molar-refractivity contribution in [1.82, 2.24) is 5.32 Å². The first-order valence-corrected chi connectivity index (χ1v) is 6.84. The SMILES string of the molecule is Cc1cccc(C(=O)NCc2csc(C)c2C)c1. The smallest absolute Gasteiger partial charge is 0.251 e. The Balaban J connectivity index is 2.03. The zero-order valence-electron chi connectivity index (χ0n) is 10.9. The summed E-state index contributed by atoms with van der Waals surface area (Å²) in [5.74, 6) is -0.0121. The van der Waals surface area contributed by atoms with Crippen LogP contribution in [-0.4, -0.2) is 5.91 Å². The molecule has 0 fully saturated rings. The first kappa shape index (κ1) is 12.8. The predicted octanol–water partition coefficient (Wildman–Crippen LogP) is 3.60. The Morgan fingerprint density at radius 1 is 1.28 bits per heavy atom. The minimum Gasteiger partial charge on any atom is -0.348 e. The molecule has 3 heteroatoms. The Hall–Kier alpha value is -1.61. The lowest BCUT2D eigenvalue weighted by atomic mass is 10.1. The first-order chi connectivity index (χ1) is 8.58. The average molecular weight is 259 g/mol. The van der Waals surface area contributed by atoms with E-state index in [4.69, 9.17) is 0 Å². The van der Waals surface area contributed by atoms with E-state index < -0.39 is 0 Å². The van der Waals surface area contributed by atoms with Gasteiger partial charge < -0.3 is 5.32 Å². The number of aryl methyl sites for hydroxylation is 2. The third kappa shape index (κ3) is 2.79. The van der Waals surface area contributed by atoms with E-state index in [1.807, 2.05) is 31.2 Å². The summed E-state index contributed by atoms with van der Waals surface area (Å²) >= 11 is 1.73. The van der Waals surface area contributed by atoms with Gasteiger partial charge in [-0.25, -0.2) is 0 Å². The molecule has 1 amide bonds. The average Bonchev–Trinajstić information content (AvgIpc) is 2.67. The second-order valence-electron chi connectivity index (χ2n) is 4.49. The second kappa shape index (κ2) is 5.36. The van der Waals surface area contributed by atoms with Gasteiger partial charge in [-0.05, 0) is 49.4 Å². The standard InChI is InChI=1S/C15H17NOS/c1-10-5-4-6-13(7-10)15(17)16-8-14-9-18-12(3)11(14)2/h4-7,9H,8H2,1-3H3,(H,16,17). The van der Waals surface area contributed by atoms with E-state index in [-0.39, 0.29) is 5.91 Å². The number of benzene rings is 1. The van der Waals surface area contributed by atoms with Gasteiger partial charge in [0, 0.05) is 17.0 Å². The number of hydrogen-bond donors (Lipinski definition) is 1. The van der Waals surface area contributed by atoms with E-state index in [0.717, 1.165) is 11.1 Å². The van der Waals surface area contributed by atoms with Crippen molar-refractivity contribution < 1.29 is 4.79 Å². The fourth-order valence-corrected chi connectivity index (χ4v) is 2.69. The minimum atomic E-state index is -0.0121. The van der Waals surface area contributed by atoms with Crippen LogP contribution in [0.1, 0.15) is 31.9 Å². The maximum atomic E-state index is 12.0. The monoisotopic (exact) mass is 259 g/mol. The van der Waals surface area contributed by atoms with E-state index in [0.29, 0.717) is 6.54 Å². The molecule has 0 spiro atoms. The van der Waals surface area contributed by atoms with Crippen LogP contribution in [-0.2, 0) is 6.54 Å². The lowest BCUT2D eigenvalue weighted by molar-refractivity contribution is 0.0951. The number of carbonyl (C=O) groups is 1. The van der Waals surface area contributed by atoms with E-state index in [2.05, 4.69) is 24.5 Å². The summed E-state index contributed by atoms with van der Waals surface area (Å²) in [5.41, 5.74) is 4.31. The van der Waals surface area contributed by atoms with Crippen LogP contribution in [0.2, 0.25) is 0 Å². The highest BCUT2D eigenvalue weighted by Gasteiger charge is 2.08. The van der Waals surface area contributed by atoms with Crippen molar-refractivity contribution in [2.24, 2.45) is 0 Å². The highest BCUT2D eigenvalue weighted by atomic mass is 32.1. The number of thiophene rings is 1. The van der Waals surface area contributed by atoms with Gasteiger partial charge in [0.15, 0.2) is 0 Å². The molecule has 0 radical (unpaired) electrons. The van der Waals surface area contributed by atoms with Crippen LogP contribution in [0.3, 0.4) is 0 Å². The summed E-state index contributed by atoms with van der Waals surface area (Å²) in [6.45, 7) is 6.79. The van der Waals surface area contributed by atoms with E-state index in [9.17, 15) is 4.79 Å². The molecule has 2 rings (SSSR count). The van der Waals surface area contributed by atoms with Crippen LogP contribution in [0.25, 0.3) is 0 Å². The van der Waals surface area contributed by atoms with Gasteiger partial charge in [-0.15, -0.1) is 11.3 Å². The van der Waals surface area contributed by atoms with Crippen LogP contribution < -0.4 is 5.32 Å². The van der Waals surface area contributed by atoms with Gasteiger partial charge in [-0.1, -0.05) is 17.7 Å². The lowest BCUT2D eigenvalue weighted by Crippen LogP contribution is -2.22. The van der Waals surface area contributed by atoms with Gasteiger partial charge in [0.2, 0.25) is 0 Å². The normalized spacial score (nSPS) is 10.4. The number of amides is 1. The molecular weight excluding hydrogens is 242 g/mol. The van der Waals surface area contributed by atoms with Gasteiger partial charge >= 0.3 is 0 Å². The molecule has 18 heavy (non-hydrogen) atoms. The van der Waals surface area contributed by atoms with Gasteiger partial charge in [0.05, 0.1) is 0 Å². The molecule has 0 saturated carbocycles. The highest BCUT2D eigenvalue weighted by molar-refractivity contribution is 7.10. The summed E-state index contributed by atoms with van der Waals surface area (Å²) < 4.78 is 0. The molecule has 0 bridgehead atoms. The zero-order chi connectivity index (χ0) is 13.1. The van der Waals surface area contributed by atoms with E-state index >= 15 is 0 Å². The maximum absolute atomic E-state index is 12.0. The Bertz CT molecular complexity index is 572. The summed E-state index contributed by atoms with van der Waals surface area (Å²) in [6, 6.07) is 7.64. The minimum absolute atomic E-state index is 0.0121. The predicted molar refractivity (Wildman–Crippen MR) is 76.1 cm³/mol. The summed E-state index contributed by atoms with van der Waals surface area (Å²) in [6.07, 6.45) is 0. The van der Waals surface area contributed by atoms with Crippen molar-refractivity contribution in [2.75, 3.05) is 0 Å². The van der Waals surface area contributed by atoms with Crippen LogP contribution in [0.15, 0.2) is 29.6 Å². The van der Waals surface area contributed by atoms with Gasteiger partial charge in [-0.3, -0.25) is 4.79 Å². The Kier molecular flexibility index (Phi) is 3.82. The molecule has 1 heterocycles. The molecule has 2 aromatic rings. The third-order valence-corrected chi connectivity index (χ3v) is 4.17. The number of nitrogens with one attached hydrogen (secondary N) is 1. The van der Waals surface area contributed by atoms with Gasteiger partial charge in [-0.2, -0.15) is 0 Å². The van der Waals surface area contributed by atoms with E-state index in [1.165, 1.54) is 16.0 Å². The molecule has 1 aromatic carbocycles. The van der Waals surface area contributed by atoms with Gasteiger partial charge in [0.1, 0.15) is 0 Å². The molecule has 2 nitrogen and oxygen atoms in total. The molecule has 1 N–H and O–H groups in total. The topological polar surface area (TPSA) is 29.1 Å². The quantitative estimate of drug-likeness (QED) is 0.896. The Morgan fingerprint density at radius 3 is 2.67 bits per heavy atom. The van der Waals surface area contributed by atoms with Crippen molar-refractivity contribution in [1.29, 1.82) is 0 Å². The molecule has 0 aliphatic heterocycles. The Morgan fingerprint density at radius 2 is 2.06 bits per heavy atom. The van der Waals surface area contributed by atoms with E-state index in [1.54, 1.807) is 11.3 Å². The maximum Gasteiger partial charge on any atom is 0.251 e. The largest absolute Gasteiger partial charge is 0.348 e. The zero-order valence-corrected chi connectivity index (χ0v) is 11.7. The third-order valence-electron chi connectivity index (χ3n) is 3.11. The second-order valence-corrected chi connectivity index (χ2v) is 5.58. The van der Waals surface area contributed by atoms with Crippen LogP contribution in [0.4, 0.5) is 0 Å². The number of rotatable bonds is 3. The number of carbonyl (C=O) groups excluding carboxylic acids is 1.